The first-order valence-corrected chi connectivity index (χ1v) is 8.80. The van der Waals surface area contributed by atoms with Crippen LogP contribution in [0, 0.1) is 24.4 Å². The standard InChI is InChI=1S/C20H18F3N5/c1-11(24-10-20-26-17-5-3-14(22)8-18(17)27-20)15-9-25-28(12(15)2)19-6-4-13(21)7-16(19)23/h3-9,11,24H,10H2,1-2H3,(H,26,27). The third-order valence-corrected chi connectivity index (χ3v) is 4.72. The van der Waals surface area contributed by atoms with Crippen LogP contribution in [-0.2, 0) is 6.54 Å². The summed E-state index contributed by atoms with van der Waals surface area (Å²) in [5, 5.41) is 7.57. The van der Waals surface area contributed by atoms with E-state index in [0.29, 0.717) is 23.4 Å². The summed E-state index contributed by atoms with van der Waals surface area (Å²) in [6, 6.07) is 7.70. The molecule has 2 aromatic heterocycles. The second-order valence-corrected chi connectivity index (χ2v) is 6.64. The summed E-state index contributed by atoms with van der Waals surface area (Å²) < 4.78 is 42.0. The number of hydrogen-bond donors (Lipinski definition) is 2. The average molecular weight is 385 g/mol. The van der Waals surface area contributed by atoms with Gasteiger partial charge in [-0.25, -0.2) is 22.8 Å². The normalized spacial score (nSPS) is 12.6. The Bertz CT molecular complexity index is 1150. The monoisotopic (exact) mass is 385 g/mol. The predicted octanol–water partition coefficient (Wildman–Crippen LogP) is 4.33. The number of hydrogen-bond acceptors (Lipinski definition) is 3. The van der Waals surface area contributed by atoms with Crippen LogP contribution in [0.3, 0.4) is 0 Å². The Balaban J connectivity index is 1.51. The Labute approximate surface area is 159 Å². The molecule has 5 nitrogen and oxygen atoms in total. The van der Waals surface area contributed by atoms with Crippen molar-refractivity contribution in [2.45, 2.75) is 26.4 Å². The number of rotatable bonds is 5. The van der Waals surface area contributed by atoms with Crippen LogP contribution in [0.1, 0.15) is 30.0 Å². The fraction of sp³-hybridized carbons (Fsp3) is 0.200. The topological polar surface area (TPSA) is 58.5 Å². The van der Waals surface area contributed by atoms with Crippen molar-refractivity contribution in [1.29, 1.82) is 0 Å². The molecule has 1 unspecified atom stereocenters. The lowest BCUT2D eigenvalue weighted by molar-refractivity contribution is 0.558. The molecule has 0 aliphatic carbocycles. The van der Waals surface area contributed by atoms with E-state index in [1.165, 1.54) is 28.9 Å². The van der Waals surface area contributed by atoms with Gasteiger partial charge in [-0.05, 0) is 44.2 Å². The molecule has 1 atom stereocenters. The average Bonchev–Trinajstić information content (AvgIpc) is 3.23. The summed E-state index contributed by atoms with van der Waals surface area (Å²) in [5.74, 6) is -0.943. The number of aromatic nitrogens is 4. The quantitative estimate of drug-likeness (QED) is 0.538. The van der Waals surface area contributed by atoms with Gasteiger partial charge >= 0.3 is 0 Å². The number of nitrogens with one attached hydrogen (secondary N) is 2. The first-order valence-electron chi connectivity index (χ1n) is 8.80. The van der Waals surface area contributed by atoms with E-state index in [1.807, 2.05) is 13.8 Å². The molecule has 28 heavy (non-hydrogen) atoms. The molecule has 0 amide bonds. The van der Waals surface area contributed by atoms with Crippen LogP contribution in [-0.4, -0.2) is 19.7 Å². The largest absolute Gasteiger partial charge is 0.341 e. The minimum absolute atomic E-state index is 0.0952. The van der Waals surface area contributed by atoms with Crippen molar-refractivity contribution < 1.29 is 13.2 Å². The molecular formula is C20H18F3N5. The molecule has 8 heteroatoms. The molecule has 0 saturated heterocycles. The number of imidazole rings is 1. The molecule has 0 saturated carbocycles. The van der Waals surface area contributed by atoms with Gasteiger partial charge in [-0.1, -0.05) is 0 Å². The van der Waals surface area contributed by atoms with Crippen LogP contribution in [0.4, 0.5) is 13.2 Å². The summed E-state index contributed by atoms with van der Waals surface area (Å²) in [7, 11) is 0. The second kappa shape index (κ2) is 7.12. The Kier molecular flexibility index (Phi) is 4.64. The number of aromatic amines is 1. The number of benzene rings is 2. The lowest BCUT2D eigenvalue weighted by Crippen LogP contribution is -2.19. The molecule has 0 spiro atoms. The third kappa shape index (κ3) is 3.38. The van der Waals surface area contributed by atoms with E-state index in [4.69, 9.17) is 0 Å². The highest BCUT2D eigenvalue weighted by atomic mass is 19.1. The smallest absolute Gasteiger partial charge is 0.151 e. The van der Waals surface area contributed by atoms with Crippen molar-refractivity contribution in [3.05, 3.63) is 77.1 Å². The van der Waals surface area contributed by atoms with Gasteiger partial charge in [0, 0.05) is 23.4 Å². The van der Waals surface area contributed by atoms with Crippen molar-refractivity contribution >= 4 is 11.0 Å². The van der Waals surface area contributed by atoms with Gasteiger partial charge in [0.2, 0.25) is 0 Å². The number of fused-ring (bicyclic) bond motifs is 1. The highest BCUT2D eigenvalue weighted by Crippen LogP contribution is 2.22. The fourth-order valence-electron chi connectivity index (χ4n) is 3.22. The summed E-state index contributed by atoms with van der Waals surface area (Å²) in [6.45, 7) is 4.22. The summed E-state index contributed by atoms with van der Waals surface area (Å²) in [4.78, 5) is 7.51. The molecule has 2 heterocycles. The summed E-state index contributed by atoms with van der Waals surface area (Å²) in [5.41, 5.74) is 3.15. The molecule has 2 N–H and O–H groups in total. The van der Waals surface area contributed by atoms with Gasteiger partial charge in [0.05, 0.1) is 23.8 Å². The van der Waals surface area contributed by atoms with Gasteiger partial charge in [0.1, 0.15) is 23.1 Å². The number of H-pyrrole nitrogens is 1. The van der Waals surface area contributed by atoms with Gasteiger partial charge in [-0.15, -0.1) is 0 Å². The molecule has 4 aromatic rings. The minimum Gasteiger partial charge on any atom is -0.341 e. The van der Waals surface area contributed by atoms with Crippen molar-refractivity contribution in [3.63, 3.8) is 0 Å². The van der Waals surface area contributed by atoms with Gasteiger partial charge in [0.25, 0.3) is 0 Å². The van der Waals surface area contributed by atoms with Gasteiger partial charge in [-0.2, -0.15) is 5.10 Å². The second-order valence-electron chi connectivity index (χ2n) is 6.64. The van der Waals surface area contributed by atoms with Crippen molar-refractivity contribution in [1.82, 2.24) is 25.1 Å². The molecule has 4 rings (SSSR count). The van der Waals surface area contributed by atoms with Gasteiger partial charge in [0.15, 0.2) is 5.82 Å². The highest BCUT2D eigenvalue weighted by molar-refractivity contribution is 5.74. The predicted molar refractivity (Wildman–Crippen MR) is 99.5 cm³/mol. The Hall–Kier alpha value is -3.13. The zero-order chi connectivity index (χ0) is 19.8. The Morgan fingerprint density at radius 2 is 1.86 bits per heavy atom. The minimum atomic E-state index is -0.673. The molecule has 0 radical (unpaired) electrons. The maximum absolute atomic E-state index is 14.1. The zero-order valence-corrected chi connectivity index (χ0v) is 15.3. The maximum atomic E-state index is 14.1. The number of nitrogens with zero attached hydrogens (tertiary/aromatic N) is 3. The van der Waals surface area contributed by atoms with E-state index in [0.717, 1.165) is 17.3 Å². The molecule has 0 aliphatic rings. The van der Waals surface area contributed by atoms with Crippen LogP contribution < -0.4 is 5.32 Å². The highest BCUT2D eigenvalue weighted by Gasteiger charge is 2.17. The van der Waals surface area contributed by atoms with Crippen LogP contribution in [0.25, 0.3) is 16.7 Å². The van der Waals surface area contributed by atoms with Crippen LogP contribution in [0.5, 0.6) is 0 Å². The van der Waals surface area contributed by atoms with E-state index >= 15 is 0 Å². The fourth-order valence-corrected chi connectivity index (χ4v) is 3.22. The molecular weight excluding hydrogens is 367 g/mol. The maximum Gasteiger partial charge on any atom is 0.151 e. The Morgan fingerprint density at radius 3 is 2.64 bits per heavy atom. The molecule has 144 valence electrons. The van der Waals surface area contributed by atoms with E-state index in [1.54, 1.807) is 12.3 Å². The van der Waals surface area contributed by atoms with Crippen molar-refractivity contribution in [3.8, 4) is 5.69 Å². The van der Waals surface area contributed by atoms with Crippen LogP contribution in [0.2, 0.25) is 0 Å². The summed E-state index contributed by atoms with van der Waals surface area (Å²) in [6.07, 6.45) is 1.66. The lowest BCUT2D eigenvalue weighted by Gasteiger charge is -2.13. The first-order chi connectivity index (χ1) is 13.4. The van der Waals surface area contributed by atoms with E-state index in [9.17, 15) is 13.2 Å². The molecule has 0 fully saturated rings. The van der Waals surface area contributed by atoms with Crippen LogP contribution >= 0.6 is 0 Å². The summed E-state index contributed by atoms with van der Waals surface area (Å²) >= 11 is 0. The van der Waals surface area contributed by atoms with Gasteiger partial charge < -0.3 is 10.3 Å². The van der Waals surface area contributed by atoms with E-state index in [2.05, 4.69) is 20.4 Å². The first kappa shape index (κ1) is 18.2. The van der Waals surface area contributed by atoms with Crippen molar-refractivity contribution in [2.75, 3.05) is 0 Å². The van der Waals surface area contributed by atoms with E-state index in [-0.39, 0.29) is 17.5 Å². The lowest BCUT2D eigenvalue weighted by atomic mass is 10.1. The van der Waals surface area contributed by atoms with Gasteiger partial charge in [-0.3, -0.25) is 0 Å². The van der Waals surface area contributed by atoms with E-state index < -0.39 is 11.6 Å². The Morgan fingerprint density at radius 1 is 1.11 bits per heavy atom. The molecule has 0 aliphatic heterocycles. The third-order valence-electron chi connectivity index (χ3n) is 4.72. The molecule has 0 bridgehead atoms. The van der Waals surface area contributed by atoms with Crippen molar-refractivity contribution in [2.24, 2.45) is 0 Å². The zero-order valence-electron chi connectivity index (χ0n) is 15.3. The molecule has 2 aromatic carbocycles. The SMILES string of the molecule is Cc1c(C(C)NCc2nc3ccc(F)cc3[nH]2)cnn1-c1ccc(F)cc1F. The van der Waals surface area contributed by atoms with Crippen LogP contribution in [0.15, 0.2) is 42.6 Å². The number of halogens is 3.